The summed E-state index contributed by atoms with van der Waals surface area (Å²) in [5, 5.41) is 0. The second kappa shape index (κ2) is 5.90. The Morgan fingerprint density at radius 3 is 2.27 bits per heavy atom. The molecule has 0 aromatic carbocycles. The van der Waals surface area contributed by atoms with Gasteiger partial charge < -0.3 is 0 Å². The molecule has 0 unspecified atom stereocenters. The number of hydrogen-bond acceptors (Lipinski definition) is 1. The van der Waals surface area contributed by atoms with Crippen LogP contribution in [-0.4, -0.2) is 11.8 Å². The summed E-state index contributed by atoms with van der Waals surface area (Å²) in [6, 6.07) is 4.22. The summed E-state index contributed by atoms with van der Waals surface area (Å²) in [5.74, 6) is 1.72. The maximum absolute atomic E-state index is 6.08. The minimum atomic E-state index is 0.0212. The molecule has 1 aromatic rings. The Morgan fingerprint density at radius 1 is 1.33 bits per heavy atom. The van der Waals surface area contributed by atoms with Crippen LogP contribution in [0.25, 0.3) is 0 Å². The van der Waals surface area contributed by atoms with E-state index in [0.717, 1.165) is 6.42 Å². The Bertz CT molecular complexity index is 305. The third kappa shape index (κ3) is 3.36. The van der Waals surface area contributed by atoms with Crippen molar-refractivity contribution >= 4 is 50.5 Å². The molecule has 0 aliphatic carbocycles. The van der Waals surface area contributed by atoms with Gasteiger partial charge in [0.2, 0.25) is 0 Å². The first-order valence-electron chi connectivity index (χ1n) is 4.90. The van der Waals surface area contributed by atoms with Gasteiger partial charge in [-0.15, -0.1) is 34.5 Å². The second-order valence-corrected chi connectivity index (χ2v) is 7.25. The van der Waals surface area contributed by atoms with Crippen LogP contribution in [0.4, 0.5) is 0 Å². The standard InChI is InChI=1S/C11H15BrCl2S/c1-8(2)11(6-13,7-14)5-9-3-4-10(12)15-9/h3-4,8H,5-7H2,1-2H3. The predicted octanol–water partition coefficient (Wildman–Crippen LogP) is 5.17. The van der Waals surface area contributed by atoms with Crippen LogP contribution in [0.5, 0.6) is 0 Å². The van der Waals surface area contributed by atoms with Crippen molar-refractivity contribution in [3.8, 4) is 0 Å². The summed E-state index contributed by atoms with van der Waals surface area (Å²) in [4.78, 5) is 1.34. The average Bonchev–Trinajstić information content (AvgIpc) is 2.60. The molecule has 1 heterocycles. The van der Waals surface area contributed by atoms with Gasteiger partial charge in [0.05, 0.1) is 3.79 Å². The molecule has 0 bridgehead atoms. The average molecular weight is 330 g/mol. The van der Waals surface area contributed by atoms with Crippen molar-refractivity contribution in [2.75, 3.05) is 11.8 Å². The normalized spacial score (nSPS) is 12.4. The lowest BCUT2D eigenvalue weighted by Gasteiger charge is -2.33. The Labute approximate surface area is 114 Å². The Balaban J connectivity index is 2.83. The van der Waals surface area contributed by atoms with Crippen LogP contribution in [-0.2, 0) is 6.42 Å². The van der Waals surface area contributed by atoms with Crippen molar-refractivity contribution in [1.82, 2.24) is 0 Å². The summed E-state index contributed by atoms with van der Waals surface area (Å²) in [7, 11) is 0. The summed E-state index contributed by atoms with van der Waals surface area (Å²) in [6.07, 6.45) is 0.966. The van der Waals surface area contributed by atoms with Crippen molar-refractivity contribution in [2.24, 2.45) is 11.3 Å². The molecule has 0 spiro atoms. The third-order valence-corrected chi connectivity index (χ3v) is 5.60. The van der Waals surface area contributed by atoms with Gasteiger partial charge >= 0.3 is 0 Å². The fraction of sp³-hybridized carbons (Fsp3) is 0.636. The van der Waals surface area contributed by atoms with Gasteiger partial charge in [-0.2, -0.15) is 0 Å². The topological polar surface area (TPSA) is 0 Å². The largest absolute Gasteiger partial charge is 0.133 e. The van der Waals surface area contributed by atoms with Gasteiger partial charge in [0, 0.05) is 22.1 Å². The molecule has 0 aliphatic rings. The molecule has 0 amide bonds. The van der Waals surface area contributed by atoms with Crippen LogP contribution < -0.4 is 0 Å². The first-order chi connectivity index (χ1) is 7.04. The van der Waals surface area contributed by atoms with Crippen LogP contribution in [0.1, 0.15) is 18.7 Å². The molecule has 0 saturated carbocycles. The highest BCUT2D eigenvalue weighted by molar-refractivity contribution is 9.11. The number of halogens is 3. The summed E-state index contributed by atoms with van der Waals surface area (Å²) in [5.41, 5.74) is 0.0212. The second-order valence-electron chi connectivity index (χ2n) is 4.17. The van der Waals surface area contributed by atoms with Gasteiger partial charge in [0.15, 0.2) is 0 Å². The molecule has 0 aliphatic heterocycles. The van der Waals surface area contributed by atoms with E-state index in [0.29, 0.717) is 17.7 Å². The molecule has 0 nitrogen and oxygen atoms in total. The highest BCUT2D eigenvalue weighted by Crippen LogP contribution is 2.37. The number of hydrogen-bond donors (Lipinski definition) is 0. The van der Waals surface area contributed by atoms with E-state index in [1.54, 1.807) is 11.3 Å². The highest BCUT2D eigenvalue weighted by atomic mass is 79.9. The van der Waals surface area contributed by atoms with Crippen molar-refractivity contribution in [3.63, 3.8) is 0 Å². The molecule has 0 fully saturated rings. The van der Waals surface area contributed by atoms with Crippen LogP contribution >= 0.6 is 50.5 Å². The van der Waals surface area contributed by atoms with E-state index in [4.69, 9.17) is 23.2 Å². The van der Waals surface area contributed by atoms with E-state index in [1.165, 1.54) is 8.66 Å². The van der Waals surface area contributed by atoms with Crippen LogP contribution in [0, 0.1) is 11.3 Å². The Kier molecular flexibility index (Phi) is 5.44. The number of rotatable bonds is 5. The minimum absolute atomic E-state index is 0.0212. The molecular weight excluding hydrogens is 315 g/mol. The summed E-state index contributed by atoms with van der Waals surface area (Å²) < 4.78 is 1.17. The lowest BCUT2D eigenvalue weighted by atomic mass is 9.77. The zero-order chi connectivity index (χ0) is 11.5. The van der Waals surface area contributed by atoms with Crippen LogP contribution in [0.3, 0.4) is 0 Å². The fourth-order valence-corrected chi connectivity index (χ4v) is 4.17. The molecule has 1 rings (SSSR count). The summed E-state index contributed by atoms with van der Waals surface area (Å²) >= 11 is 17.4. The Hall–Kier alpha value is 0.760. The lowest BCUT2D eigenvalue weighted by molar-refractivity contribution is 0.260. The highest BCUT2D eigenvalue weighted by Gasteiger charge is 2.32. The van der Waals surface area contributed by atoms with Crippen LogP contribution in [0.2, 0.25) is 0 Å². The monoisotopic (exact) mass is 328 g/mol. The molecule has 4 heteroatoms. The van der Waals surface area contributed by atoms with Crippen molar-refractivity contribution in [2.45, 2.75) is 20.3 Å². The minimum Gasteiger partial charge on any atom is -0.133 e. The predicted molar refractivity (Wildman–Crippen MR) is 74.4 cm³/mol. The van der Waals surface area contributed by atoms with Crippen molar-refractivity contribution < 1.29 is 0 Å². The van der Waals surface area contributed by atoms with Gasteiger partial charge in [-0.25, -0.2) is 0 Å². The maximum atomic E-state index is 6.08. The molecule has 15 heavy (non-hydrogen) atoms. The van der Waals surface area contributed by atoms with E-state index in [-0.39, 0.29) is 5.41 Å². The quantitative estimate of drug-likeness (QED) is 0.653. The molecule has 1 aromatic heterocycles. The van der Waals surface area contributed by atoms with Gasteiger partial charge in [-0.3, -0.25) is 0 Å². The maximum Gasteiger partial charge on any atom is 0.0701 e. The van der Waals surface area contributed by atoms with E-state index >= 15 is 0 Å². The first-order valence-corrected chi connectivity index (χ1v) is 7.58. The molecule has 0 saturated heterocycles. The van der Waals surface area contributed by atoms with Gasteiger partial charge in [0.1, 0.15) is 0 Å². The van der Waals surface area contributed by atoms with Gasteiger partial charge in [-0.1, -0.05) is 13.8 Å². The van der Waals surface area contributed by atoms with Gasteiger partial charge in [0.25, 0.3) is 0 Å². The summed E-state index contributed by atoms with van der Waals surface area (Å²) in [6.45, 7) is 4.38. The zero-order valence-electron chi connectivity index (χ0n) is 8.90. The van der Waals surface area contributed by atoms with Gasteiger partial charge in [-0.05, 0) is 40.4 Å². The first kappa shape index (κ1) is 13.8. The van der Waals surface area contributed by atoms with E-state index < -0.39 is 0 Å². The van der Waals surface area contributed by atoms with E-state index in [2.05, 4.69) is 41.9 Å². The van der Waals surface area contributed by atoms with Crippen molar-refractivity contribution in [3.05, 3.63) is 20.8 Å². The van der Waals surface area contributed by atoms with E-state index in [9.17, 15) is 0 Å². The fourth-order valence-electron chi connectivity index (χ4n) is 1.44. The SMILES string of the molecule is CC(C)C(CCl)(CCl)Cc1ccc(Br)s1. The molecule has 86 valence electrons. The smallest absolute Gasteiger partial charge is 0.0701 e. The van der Waals surface area contributed by atoms with Crippen LogP contribution in [0.15, 0.2) is 15.9 Å². The number of alkyl halides is 2. The zero-order valence-corrected chi connectivity index (χ0v) is 12.8. The molecular formula is C11H15BrCl2S. The Morgan fingerprint density at radius 2 is 1.93 bits per heavy atom. The molecule has 0 N–H and O–H groups in total. The van der Waals surface area contributed by atoms with Crippen molar-refractivity contribution in [1.29, 1.82) is 0 Å². The molecule has 0 atom stereocenters. The molecule has 0 radical (unpaired) electrons. The lowest BCUT2D eigenvalue weighted by Crippen LogP contribution is -2.33. The number of thiophene rings is 1. The third-order valence-electron chi connectivity index (χ3n) is 2.91. The van der Waals surface area contributed by atoms with E-state index in [1.807, 2.05) is 0 Å².